The van der Waals surface area contributed by atoms with E-state index in [1.54, 1.807) is 0 Å². The van der Waals surface area contributed by atoms with Gasteiger partial charge in [0.2, 0.25) is 5.91 Å². The molecule has 5 heteroatoms. The maximum absolute atomic E-state index is 12.9. The van der Waals surface area contributed by atoms with Gasteiger partial charge in [-0.25, -0.2) is 9.50 Å². The van der Waals surface area contributed by atoms with E-state index >= 15 is 0 Å². The van der Waals surface area contributed by atoms with Crippen LogP contribution < -0.4 is 5.32 Å². The molecule has 1 unspecified atom stereocenters. The lowest BCUT2D eigenvalue weighted by Gasteiger charge is -2.19. The Balaban J connectivity index is 1.34. The van der Waals surface area contributed by atoms with Gasteiger partial charge in [-0.1, -0.05) is 42.0 Å². The minimum atomic E-state index is 0.0991. The summed E-state index contributed by atoms with van der Waals surface area (Å²) in [5.41, 5.74) is 7.41. The van der Waals surface area contributed by atoms with Crippen LogP contribution in [0.5, 0.6) is 0 Å². The van der Waals surface area contributed by atoms with Gasteiger partial charge < -0.3 is 5.32 Å². The Morgan fingerprint density at radius 2 is 1.84 bits per heavy atom. The fourth-order valence-corrected chi connectivity index (χ4v) is 4.50. The molecule has 1 fully saturated rings. The van der Waals surface area contributed by atoms with Gasteiger partial charge in [0.05, 0.1) is 11.6 Å². The van der Waals surface area contributed by atoms with E-state index in [1.165, 1.54) is 24.0 Å². The predicted molar refractivity (Wildman–Crippen MR) is 123 cm³/mol. The van der Waals surface area contributed by atoms with Crippen molar-refractivity contribution in [3.63, 3.8) is 0 Å². The standard InChI is InChI=1S/C26H28N4O/c1-16-8-10-19(11-9-16)25(20-12-13-20)28-24(31)15-14-21-17(2)27-26-22-6-4-5-7-23(22)29-30(26)18(21)3/h4-11,20,25H,12-15H2,1-3H3,(H,28,31). The summed E-state index contributed by atoms with van der Waals surface area (Å²) in [6, 6.07) is 16.7. The van der Waals surface area contributed by atoms with E-state index in [0.29, 0.717) is 18.8 Å². The topological polar surface area (TPSA) is 59.3 Å². The zero-order valence-corrected chi connectivity index (χ0v) is 18.4. The third-order valence-corrected chi connectivity index (χ3v) is 6.47. The Morgan fingerprint density at radius 1 is 1.10 bits per heavy atom. The second-order valence-corrected chi connectivity index (χ2v) is 8.81. The maximum Gasteiger partial charge on any atom is 0.220 e. The molecular weight excluding hydrogens is 384 g/mol. The number of hydrogen-bond acceptors (Lipinski definition) is 3. The van der Waals surface area contributed by atoms with E-state index in [9.17, 15) is 4.79 Å². The van der Waals surface area contributed by atoms with Crippen molar-refractivity contribution in [2.75, 3.05) is 0 Å². The molecule has 1 saturated carbocycles. The number of fused-ring (bicyclic) bond motifs is 3. The summed E-state index contributed by atoms with van der Waals surface area (Å²) >= 11 is 0. The van der Waals surface area contributed by atoms with E-state index in [1.807, 2.05) is 29.6 Å². The van der Waals surface area contributed by atoms with Gasteiger partial charge in [0.25, 0.3) is 0 Å². The molecule has 1 amide bonds. The van der Waals surface area contributed by atoms with Crippen LogP contribution in [0.1, 0.15) is 53.4 Å². The number of hydrogen-bond donors (Lipinski definition) is 1. The first kappa shape index (κ1) is 19.7. The molecule has 0 aliphatic heterocycles. The van der Waals surface area contributed by atoms with Crippen LogP contribution in [0, 0.1) is 26.7 Å². The lowest BCUT2D eigenvalue weighted by atomic mass is 10.0. The smallest absolute Gasteiger partial charge is 0.220 e. The van der Waals surface area contributed by atoms with Crippen molar-refractivity contribution >= 4 is 22.5 Å². The molecule has 0 spiro atoms. The summed E-state index contributed by atoms with van der Waals surface area (Å²) in [6.45, 7) is 6.19. The highest BCUT2D eigenvalue weighted by Crippen LogP contribution is 2.41. The second-order valence-electron chi connectivity index (χ2n) is 8.81. The van der Waals surface area contributed by atoms with Crippen LogP contribution in [0.3, 0.4) is 0 Å². The molecule has 0 radical (unpaired) electrons. The molecule has 4 aromatic rings. The van der Waals surface area contributed by atoms with Crippen LogP contribution in [-0.4, -0.2) is 20.5 Å². The SMILES string of the molecule is Cc1ccc(C(NC(=O)CCc2c(C)nc3c4ccccc4nn3c2C)C2CC2)cc1. The number of aryl methyl sites for hydroxylation is 3. The summed E-state index contributed by atoms with van der Waals surface area (Å²) in [7, 11) is 0. The number of rotatable bonds is 6. The molecule has 31 heavy (non-hydrogen) atoms. The van der Waals surface area contributed by atoms with Crippen molar-refractivity contribution in [2.45, 2.75) is 52.5 Å². The minimum Gasteiger partial charge on any atom is -0.349 e. The van der Waals surface area contributed by atoms with Gasteiger partial charge in [0, 0.05) is 23.2 Å². The van der Waals surface area contributed by atoms with E-state index < -0.39 is 0 Å². The zero-order chi connectivity index (χ0) is 21.5. The summed E-state index contributed by atoms with van der Waals surface area (Å²) < 4.78 is 1.92. The minimum absolute atomic E-state index is 0.0991. The van der Waals surface area contributed by atoms with Crippen LogP contribution in [0.15, 0.2) is 48.5 Å². The van der Waals surface area contributed by atoms with Crippen molar-refractivity contribution in [3.05, 3.63) is 76.6 Å². The van der Waals surface area contributed by atoms with E-state index in [4.69, 9.17) is 10.1 Å². The highest BCUT2D eigenvalue weighted by molar-refractivity contribution is 5.92. The van der Waals surface area contributed by atoms with Crippen molar-refractivity contribution in [1.82, 2.24) is 19.9 Å². The second kappa shape index (κ2) is 7.80. The van der Waals surface area contributed by atoms with Gasteiger partial charge in [-0.15, -0.1) is 0 Å². The first-order valence-electron chi connectivity index (χ1n) is 11.1. The predicted octanol–water partition coefficient (Wildman–Crippen LogP) is 5.01. The quantitative estimate of drug-likeness (QED) is 0.484. The Bertz CT molecular complexity index is 1270. The Morgan fingerprint density at radius 3 is 2.58 bits per heavy atom. The molecule has 1 atom stereocenters. The lowest BCUT2D eigenvalue weighted by molar-refractivity contribution is -0.122. The van der Waals surface area contributed by atoms with E-state index in [-0.39, 0.29) is 11.9 Å². The maximum atomic E-state index is 12.9. The summed E-state index contributed by atoms with van der Waals surface area (Å²) in [4.78, 5) is 17.7. The molecule has 5 nitrogen and oxygen atoms in total. The van der Waals surface area contributed by atoms with Gasteiger partial charge in [0.1, 0.15) is 0 Å². The molecular formula is C26H28N4O. The van der Waals surface area contributed by atoms with Crippen molar-refractivity contribution < 1.29 is 4.79 Å². The molecule has 1 aliphatic rings. The highest BCUT2D eigenvalue weighted by Gasteiger charge is 2.33. The molecule has 5 rings (SSSR count). The van der Waals surface area contributed by atoms with Crippen molar-refractivity contribution in [3.8, 4) is 0 Å². The monoisotopic (exact) mass is 412 g/mol. The fourth-order valence-electron chi connectivity index (χ4n) is 4.50. The van der Waals surface area contributed by atoms with Gasteiger partial charge in [0.15, 0.2) is 5.65 Å². The van der Waals surface area contributed by atoms with Crippen LogP contribution in [-0.2, 0) is 11.2 Å². The van der Waals surface area contributed by atoms with Gasteiger partial charge in [-0.2, -0.15) is 5.10 Å². The third-order valence-electron chi connectivity index (χ3n) is 6.47. The van der Waals surface area contributed by atoms with Gasteiger partial charge >= 0.3 is 0 Å². The first-order chi connectivity index (χ1) is 15.0. The summed E-state index contributed by atoms with van der Waals surface area (Å²) in [5, 5.41) is 9.08. The number of amides is 1. The Kier molecular flexibility index (Phi) is 4.97. The van der Waals surface area contributed by atoms with Crippen LogP contribution in [0.2, 0.25) is 0 Å². The molecule has 1 aliphatic carbocycles. The number of nitrogens with one attached hydrogen (secondary N) is 1. The number of carbonyl (C=O) groups excluding carboxylic acids is 1. The molecule has 1 N–H and O–H groups in total. The van der Waals surface area contributed by atoms with Crippen molar-refractivity contribution in [1.29, 1.82) is 0 Å². The lowest BCUT2D eigenvalue weighted by Crippen LogP contribution is -2.30. The molecule has 2 aromatic carbocycles. The average Bonchev–Trinajstić information content (AvgIpc) is 3.54. The third kappa shape index (κ3) is 3.80. The van der Waals surface area contributed by atoms with Crippen LogP contribution in [0.25, 0.3) is 16.6 Å². The van der Waals surface area contributed by atoms with Crippen LogP contribution >= 0.6 is 0 Å². The summed E-state index contributed by atoms with van der Waals surface area (Å²) in [5.74, 6) is 0.659. The Labute approximate surface area is 182 Å². The summed E-state index contributed by atoms with van der Waals surface area (Å²) in [6.07, 6.45) is 3.48. The fraction of sp³-hybridized carbons (Fsp3) is 0.346. The molecule has 2 aromatic heterocycles. The van der Waals surface area contributed by atoms with E-state index in [0.717, 1.165) is 33.5 Å². The number of benzene rings is 2. The molecule has 2 heterocycles. The van der Waals surface area contributed by atoms with E-state index in [2.05, 4.69) is 49.5 Å². The largest absolute Gasteiger partial charge is 0.349 e. The number of nitrogens with zero attached hydrogens (tertiary/aromatic N) is 3. The van der Waals surface area contributed by atoms with Gasteiger partial charge in [-0.3, -0.25) is 4.79 Å². The number of aromatic nitrogens is 3. The Hall–Kier alpha value is -3.21. The molecule has 0 bridgehead atoms. The highest BCUT2D eigenvalue weighted by atomic mass is 16.1. The average molecular weight is 413 g/mol. The van der Waals surface area contributed by atoms with Crippen molar-refractivity contribution in [2.24, 2.45) is 5.92 Å². The number of carbonyl (C=O) groups is 1. The normalized spacial score (nSPS) is 14.8. The molecule has 0 saturated heterocycles. The van der Waals surface area contributed by atoms with Gasteiger partial charge in [-0.05, 0) is 69.2 Å². The zero-order valence-electron chi connectivity index (χ0n) is 18.4. The van der Waals surface area contributed by atoms with Crippen LogP contribution in [0.4, 0.5) is 0 Å². The molecule has 158 valence electrons. The first-order valence-corrected chi connectivity index (χ1v) is 11.1.